The molecule has 0 N–H and O–H groups in total. The first-order valence-corrected chi connectivity index (χ1v) is 12.6. The molecule has 7 rings (SSSR count). The Labute approximate surface area is 161 Å². The summed E-state index contributed by atoms with van der Waals surface area (Å²) in [7, 11) is -1.94. The fourth-order valence-corrected chi connectivity index (χ4v) is 8.61. The molecule has 0 aliphatic carbocycles. The third-order valence-corrected chi connectivity index (χ3v) is 9.93. The van der Waals surface area contributed by atoms with Gasteiger partial charge in [0.1, 0.15) is 20.0 Å². The topological polar surface area (TPSA) is 43.1 Å². The summed E-state index contributed by atoms with van der Waals surface area (Å²) in [6.07, 6.45) is 3.55. The third-order valence-electron chi connectivity index (χ3n) is 6.43. The van der Waals surface area contributed by atoms with Crippen LogP contribution in [-0.2, 0) is 0 Å². The van der Waals surface area contributed by atoms with Crippen molar-refractivity contribution in [2.75, 3.05) is 0 Å². The van der Waals surface area contributed by atoms with E-state index < -0.39 is 8.07 Å². The van der Waals surface area contributed by atoms with Crippen molar-refractivity contribution in [1.29, 1.82) is 0 Å². The van der Waals surface area contributed by atoms with Gasteiger partial charge in [0.15, 0.2) is 0 Å². The van der Waals surface area contributed by atoms with Gasteiger partial charge in [0, 0.05) is 11.6 Å². The maximum Gasteiger partial charge on any atom is 0.149 e. The van der Waals surface area contributed by atoms with Crippen LogP contribution in [0, 0.1) is 0 Å². The van der Waals surface area contributed by atoms with Gasteiger partial charge < -0.3 is 0 Å². The Bertz CT molecular complexity index is 1650. The molecule has 0 unspecified atom stereocenters. The molecule has 132 valence electrons. The number of para-hydroxylation sites is 1. The number of nitrogens with zero attached hydrogens (tertiary/aromatic N) is 4. The smallest absolute Gasteiger partial charge is 0.149 e. The Hall–Kier alpha value is -3.31. The van der Waals surface area contributed by atoms with Crippen molar-refractivity contribution in [3.8, 4) is 0 Å². The lowest BCUT2D eigenvalue weighted by molar-refractivity contribution is 1.21. The van der Waals surface area contributed by atoms with Gasteiger partial charge in [-0.1, -0.05) is 49.5 Å². The maximum atomic E-state index is 5.04. The zero-order valence-electron chi connectivity index (χ0n) is 15.6. The maximum absolute atomic E-state index is 5.04. The van der Waals surface area contributed by atoms with E-state index in [9.17, 15) is 0 Å². The van der Waals surface area contributed by atoms with Crippen LogP contribution in [0.25, 0.3) is 49.3 Å². The highest BCUT2D eigenvalue weighted by Gasteiger charge is 2.37. The molecule has 5 heteroatoms. The van der Waals surface area contributed by atoms with Gasteiger partial charge in [-0.3, -0.25) is 4.40 Å². The fraction of sp³-hybridized carbons (Fsp3) is 0.0870. The van der Waals surface area contributed by atoms with Crippen LogP contribution in [0.1, 0.15) is 0 Å². The summed E-state index contributed by atoms with van der Waals surface area (Å²) in [5.74, 6) is 0. The molecule has 4 heterocycles. The quantitative estimate of drug-likeness (QED) is 0.230. The number of hydrogen-bond donors (Lipinski definition) is 0. The second kappa shape index (κ2) is 4.56. The van der Waals surface area contributed by atoms with E-state index in [0.717, 1.165) is 22.1 Å². The molecule has 6 aromatic rings. The van der Waals surface area contributed by atoms with Crippen molar-refractivity contribution >= 4 is 67.7 Å². The molecular weight excluding hydrogens is 360 g/mol. The first kappa shape index (κ1) is 14.7. The molecule has 1 aliphatic heterocycles. The zero-order chi connectivity index (χ0) is 18.6. The molecule has 0 saturated heterocycles. The molecule has 3 aromatic heterocycles. The molecule has 0 amide bonds. The second-order valence-electron chi connectivity index (χ2n) is 8.22. The number of benzene rings is 3. The molecule has 0 radical (unpaired) electrons. The third kappa shape index (κ3) is 1.49. The molecule has 0 atom stereocenters. The molecule has 0 fully saturated rings. The van der Waals surface area contributed by atoms with Crippen LogP contribution in [0.15, 0.2) is 61.1 Å². The van der Waals surface area contributed by atoms with Gasteiger partial charge in [-0.05, 0) is 33.3 Å². The van der Waals surface area contributed by atoms with Gasteiger partial charge in [0.2, 0.25) is 0 Å². The second-order valence-corrected chi connectivity index (χ2v) is 12.5. The number of imidazole rings is 1. The lowest BCUT2D eigenvalue weighted by Gasteiger charge is -2.32. The first-order valence-electron chi connectivity index (χ1n) is 9.55. The van der Waals surface area contributed by atoms with Crippen molar-refractivity contribution < 1.29 is 0 Å². The fourth-order valence-electron chi connectivity index (χ4n) is 5.25. The first-order chi connectivity index (χ1) is 13.7. The zero-order valence-corrected chi connectivity index (χ0v) is 16.6. The number of hydrogen-bond acceptors (Lipinski definition) is 3. The Kier molecular flexibility index (Phi) is 2.40. The molecule has 28 heavy (non-hydrogen) atoms. The van der Waals surface area contributed by atoms with E-state index in [1.807, 2.05) is 6.20 Å². The minimum absolute atomic E-state index is 0.964. The number of aromatic nitrogens is 4. The van der Waals surface area contributed by atoms with Gasteiger partial charge in [0.25, 0.3) is 0 Å². The molecule has 3 aromatic carbocycles. The summed E-state index contributed by atoms with van der Waals surface area (Å²) < 4.78 is 2.38. The van der Waals surface area contributed by atoms with Gasteiger partial charge >= 0.3 is 0 Å². The minimum Gasteiger partial charge on any atom is -0.292 e. The minimum atomic E-state index is -1.94. The van der Waals surface area contributed by atoms with E-state index >= 15 is 0 Å². The van der Waals surface area contributed by atoms with Crippen LogP contribution in [0.5, 0.6) is 0 Å². The van der Waals surface area contributed by atoms with Crippen LogP contribution in [-0.4, -0.2) is 27.4 Å². The van der Waals surface area contributed by atoms with Crippen molar-refractivity contribution in [2.24, 2.45) is 0 Å². The lowest BCUT2D eigenvalue weighted by Crippen LogP contribution is -2.56. The van der Waals surface area contributed by atoms with E-state index in [1.165, 1.54) is 37.6 Å². The summed E-state index contributed by atoms with van der Waals surface area (Å²) in [6.45, 7) is 4.94. The SMILES string of the molecule is C[Si]1(C)c2cccc3nc4c5cncnc5c5cc6ccccc6c1c5n4c23. The van der Waals surface area contributed by atoms with Gasteiger partial charge in [-0.15, -0.1) is 0 Å². The van der Waals surface area contributed by atoms with Crippen LogP contribution >= 0.6 is 0 Å². The van der Waals surface area contributed by atoms with Crippen molar-refractivity contribution in [3.05, 3.63) is 61.1 Å². The Morgan fingerprint density at radius 1 is 0.893 bits per heavy atom. The monoisotopic (exact) mass is 376 g/mol. The summed E-state index contributed by atoms with van der Waals surface area (Å²) in [5, 5.41) is 7.80. The number of rotatable bonds is 0. The number of pyridine rings is 1. The molecule has 0 spiro atoms. The highest BCUT2D eigenvalue weighted by molar-refractivity contribution is 7.04. The molecular formula is C23H16N4Si. The Morgan fingerprint density at radius 3 is 2.71 bits per heavy atom. The highest BCUT2D eigenvalue weighted by Crippen LogP contribution is 2.36. The average Bonchev–Trinajstić information content (AvgIpc) is 3.11. The lowest BCUT2D eigenvalue weighted by atomic mass is 10.0. The summed E-state index contributed by atoms with van der Waals surface area (Å²) >= 11 is 0. The predicted octanol–water partition coefficient (Wildman–Crippen LogP) is 3.87. The molecule has 0 saturated carbocycles. The standard InChI is InChI=1S/C23H16N4Si/c1-28(2)18-9-5-8-17-21(18)27-20-15(10-13-6-3-4-7-14(13)22(20)28)19-16(23(27)26-17)11-24-12-25-19/h3-12H,1-2H3. The normalized spacial score (nSPS) is 15.1. The van der Waals surface area contributed by atoms with E-state index in [2.05, 4.69) is 71.0 Å². The summed E-state index contributed by atoms with van der Waals surface area (Å²) in [5.41, 5.74) is 5.58. The van der Waals surface area contributed by atoms with Crippen molar-refractivity contribution in [1.82, 2.24) is 19.4 Å². The van der Waals surface area contributed by atoms with Gasteiger partial charge in [-0.2, -0.15) is 0 Å². The van der Waals surface area contributed by atoms with Crippen LogP contribution in [0.4, 0.5) is 0 Å². The van der Waals surface area contributed by atoms with E-state index in [-0.39, 0.29) is 0 Å². The summed E-state index contributed by atoms with van der Waals surface area (Å²) in [6, 6.07) is 17.7. The van der Waals surface area contributed by atoms with Gasteiger partial charge in [0.05, 0.1) is 27.5 Å². The summed E-state index contributed by atoms with van der Waals surface area (Å²) in [4.78, 5) is 14.0. The van der Waals surface area contributed by atoms with Crippen LogP contribution in [0.3, 0.4) is 0 Å². The Balaban J connectivity index is 1.99. The molecule has 0 bridgehead atoms. The average molecular weight is 376 g/mol. The molecule has 1 aliphatic rings. The van der Waals surface area contributed by atoms with E-state index in [4.69, 9.17) is 9.97 Å². The largest absolute Gasteiger partial charge is 0.292 e. The van der Waals surface area contributed by atoms with Crippen molar-refractivity contribution in [3.63, 3.8) is 0 Å². The van der Waals surface area contributed by atoms with Crippen molar-refractivity contribution in [2.45, 2.75) is 13.1 Å². The predicted molar refractivity (Wildman–Crippen MR) is 118 cm³/mol. The molecule has 4 nitrogen and oxygen atoms in total. The highest BCUT2D eigenvalue weighted by atomic mass is 28.3. The van der Waals surface area contributed by atoms with Crippen LogP contribution in [0.2, 0.25) is 13.1 Å². The number of fused-ring (bicyclic) bond motifs is 5. The van der Waals surface area contributed by atoms with Crippen LogP contribution < -0.4 is 10.4 Å². The Morgan fingerprint density at radius 2 is 1.79 bits per heavy atom. The van der Waals surface area contributed by atoms with E-state index in [0.29, 0.717) is 0 Å². The van der Waals surface area contributed by atoms with E-state index in [1.54, 1.807) is 6.33 Å². The van der Waals surface area contributed by atoms with Gasteiger partial charge in [-0.25, -0.2) is 15.0 Å².